The van der Waals surface area contributed by atoms with Gasteiger partial charge in [-0.05, 0) is 30.8 Å². The van der Waals surface area contributed by atoms with E-state index in [0.29, 0.717) is 5.92 Å². The molecule has 1 N–H and O–H groups in total. The van der Waals surface area contributed by atoms with Crippen LogP contribution >= 0.6 is 11.5 Å². The Bertz CT molecular complexity index is 512. The molecule has 1 fully saturated rings. The first-order chi connectivity index (χ1) is 8.88. The van der Waals surface area contributed by atoms with Gasteiger partial charge in [-0.1, -0.05) is 30.7 Å². The molecule has 0 aromatic carbocycles. The maximum absolute atomic E-state index is 4.64. The zero-order valence-electron chi connectivity index (χ0n) is 10.5. The van der Waals surface area contributed by atoms with Gasteiger partial charge < -0.3 is 0 Å². The van der Waals surface area contributed by atoms with E-state index in [9.17, 15) is 0 Å². The molecule has 0 spiro atoms. The average Bonchev–Trinajstić information content (AvgIpc) is 3.10. The topological polar surface area (TPSA) is 67.3 Å². The molecular formula is C12H17N5S. The Morgan fingerprint density at radius 3 is 2.94 bits per heavy atom. The van der Waals surface area contributed by atoms with Gasteiger partial charge in [0.2, 0.25) is 0 Å². The smallest absolute Gasteiger partial charge is 0.194 e. The Labute approximate surface area is 110 Å². The molecule has 6 heteroatoms. The molecule has 3 rings (SSSR count). The fourth-order valence-electron chi connectivity index (χ4n) is 2.54. The lowest BCUT2D eigenvalue weighted by atomic mass is 10.1. The van der Waals surface area contributed by atoms with Crippen LogP contribution in [-0.4, -0.2) is 24.8 Å². The van der Waals surface area contributed by atoms with Crippen molar-refractivity contribution >= 4 is 11.5 Å². The third kappa shape index (κ3) is 2.16. The van der Waals surface area contributed by atoms with Crippen molar-refractivity contribution in [1.82, 2.24) is 24.8 Å². The lowest BCUT2D eigenvalue weighted by Gasteiger charge is -2.01. The van der Waals surface area contributed by atoms with Crippen molar-refractivity contribution in [2.75, 3.05) is 0 Å². The Morgan fingerprint density at radius 2 is 2.17 bits per heavy atom. The van der Waals surface area contributed by atoms with Gasteiger partial charge in [0.15, 0.2) is 5.82 Å². The fraction of sp³-hybridized carbons (Fsp3) is 0.667. The lowest BCUT2D eigenvalue weighted by molar-refractivity contribution is 0.672. The number of rotatable bonds is 4. The van der Waals surface area contributed by atoms with E-state index >= 15 is 0 Å². The number of aromatic amines is 1. The molecule has 0 atom stereocenters. The molecule has 2 aromatic heterocycles. The average molecular weight is 263 g/mol. The van der Waals surface area contributed by atoms with Crippen LogP contribution in [0.5, 0.6) is 0 Å². The second kappa shape index (κ2) is 5.14. The maximum Gasteiger partial charge on any atom is 0.194 e. The molecule has 18 heavy (non-hydrogen) atoms. The molecule has 1 saturated carbocycles. The minimum atomic E-state index is 0.571. The van der Waals surface area contributed by atoms with E-state index in [4.69, 9.17) is 0 Å². The highest BCUT2D eigenvalue weighted by molar-refractivity contribution is 7.09. The van der Waals surface area contributed by atoms with Gasteiger partial charge in [0.25, 0.3) is 0 Å². The van der Waals surface area contributed by atoms with Crippen LogP contribution in [0.3, 0.4) is 0 Å². The number of hydrogen-bond acceptors (Lipinski definition) is 5. The zero-order chi connectivity index (χ0) is 12.4. The molecule has 1 aliphatic rings. The highest BCUT2D eigenvalue weighted by Crippen LogP contribution is 2.33. The van der Waals surface area contributed by atoms with Crippen molar-refractivity contribution in [3.05, 3.63) is 11.5 Å². The van der Waals surface area contributed by atoms with E-state index in [-0.39, 0.29) is 0 Å². The Kier molecular flexibility index (Phi) is 3.36. The number of nitrogens with one attached hydrogen (secondary N) is 1. The van der Waals surface area contributed by atoms with Gasteiger partial charge in [-0.3, -0.25) is 5.10 Å². The maximum atomic E-state index is 4.64. The lowest BCUT2D eigenvalue weighted by Crippen LogP contribution is -1.94. The van der Waals surface area contributed by atoms with Gasteiger partial charge in [0.1, 0.15) is 10.7 Å². The van der Waals surface area contributed by atoms with Crippen LogP contribution in [0.1, 0.15) is 56.5 Å². The summed E-state index contributed by atoms with van der Waals surface area (Å²) in [6.45, 7) is 2.14. The van der Waals surface area contributed by atoms with Crippen LogP contribution in [0, 0.1) is 0 Å². The van der Waals surface area contributed by atoms with Gasteiger partial charge in [0.05, 0.1) is 5.69 Å². The molecule has 0 unspecified atom stereocenters. The highest BCUT2D eigenvalue weighted by Gasteiger charge is 2.22. The van der Waals surface area contributed by atoms with Crippen LogP contribution in [0.2, 0.25) is 0 Å². The third-order valence-corrected chi connectivity index (χ3v) is 4.25. The summed E-state index contributed by atoms with van der Waals surface area (Å²) in [7, 11) is 0. The molecular weight excluding hydrogens is 246 g/mol. The molecule has 0 amide bonds. The second-order valence-corrected chi connectivity index (χ2v) is 5.58. The predicted molar refractivity (Wildman–Crippen MR) is 70.5 cm³/mol. The summed E-state index contributed by atoms with van der Waals surface area (Å²) in [5.41, 5.74) is 1.03. The van der Waals surface area contributed by atoms with E-state index < -0.39 is 0 Å². The predicted octanol–water partition coefficient (Wildman–Crippen LogP) is 2.93. The normalized spacial score (nSPS) is 16.5. The molecule has 0 aliphatic heterocycles. The number of aryl methyl sites for hydroxylation is 1. The number of H-pyrrole nitrogens is 1. The van der Waals surface area contributed by atoms with Crippen molar-refractivity contribution in [2.45, 2.75) is 51.4 Å². The third-order valence-electron chi connectivity index (χ3n) is 3.49. The number of nitrogens with zero attached hydrogens (tertiary/aromatic N) is 4. The number of hydrogen-bond donors (Lipinski definition) is 1. The van der Waals surface area contributed by atoms with E-state index in [1.807, 2.05) is 0 Å². The summed E-state index contributed by atoms with van der Waals surface area (Å²) in [5, 5.41) is 11.6. The molecule has 0 radical (unpaired) electrons. The van der Waals surface area contributed by atoms with Crippen LogP contribution in [-0.2, 0) is 6.42 Å². The molecule has 96 valence electrons. The van der Waals surface area contributed by atoms with Crippen molar-refractivity contribution in [3.63, 3.8) is 0 Å². The van der Waals surface area contributed by atoms with Crippen molar-refractivity contribution in [3.8, 4) is 10.7 Å². The van der Waals surface area contributed by atoms with Gasteiger partial charge in [-0.15, -0.1) is 5.10 Å². The second-order valence-electron chi connectivity index (χ2n) is 4.82. The van der Waals surface area contributed by atoms with Gasteiger partial charge in [-0.25, -0.2) is 4.98 Å². The molecule has 0 saturated heterocycles. The van der Waals surface area contributed by atoms with E-state index in [2.05, 4.69) is 31.7 Å². The summed E-state index contributed by atoms with van der Waals surface area (Å²) in [6.07, 6.45) is 7.10. The molecule has 5 nitrogen and oxygen atoms in total. The van der Waals surface area contributed by atoms with Gasteiger partial charge >= 0.3 is 0 Å². The SMILES string of the molecule is CCCc1nnsc1-c1n[nH]c(C2CCCC2)n1. The van der Waals surface area contributed by atoms with E-state index in [1.54, 1.807) is 0 Å². The zero-order valence-corrected chi connectivity index (χ0v) is 11.3. The van der Waals surface area contributed by atoms with E-state index in [1.165, 1.54) is 37.2 Å². The van der Waals surface area contributed by atoms with Gasteiger partial charge in [-0.2, -0.15) is 5.10 Å². The Balaban J connectivity index is 1.85. The van der Waals surface area contributed by atoms with Gasteiger partial charge in [0, 0.05) is 5.92 Å². The first kappa shape index (κ1) is 11.8. The molecule has 1 aliphatic carbocycles. The van der Waals surface area contributed by atoms with Crippen molar-refractivity contribution in [1.29, 1.82) is 0 Å². The van der Waals surface area contributed by atoms with E-state index in [0.717, 1.165) is 35.1 Å². The largest absolute Gasteiger partial charge is 0.262 e. The monoisotopic (exact) mass is 263 g/mol. The Morgan fingerprint density at radius 1 is 1.33 bits per heavy atom. The molecule has 2 heterocycles. The molecule has 0 bridgehead atoms. The summed E-state index contributed by atoms with van der Waals surface area (Å²) in [6, 6.07) is 0. The standard InChI is InChI=1S/C12H17N5S/c1-2-5-9-10(18-17-14-9)12-13-11(15-16-12)8-6-3-4-7-8/h8H,2-7H2,1H3,(H,13,15,16). The Hall–Kier alpha value is -1.30. The minimum absolute atomic E-state index is 0.571. The fourth-order valence-corrected chi connectivity index (χ4v) is 3.18. The summed E-state index contributed by atoms with van der Waals surface area (Å²) in [5.74, 6) is 2.38. The summed E-state index contributed by atoms with van der Waals surface area (Å²) >= 11 is 1.39. The molecule has 2 aromatic rings. The van der Waals surface area contributed by atoms with Crippen LogP contribution in [0.15, 0.2) is 0 Å². The van der Waals surface area contributed by atoms with Crippen molar-refractivity contribution < 1.29 is 0 Å². The first-order valence-corrected chi connectivity index (χ1v) is 7.39. The van der Waals surface area contributed by atoms with Crippen LogP contribution < -0.4 is 0 Å². The highest BCUT2D eigenvalue weighted by atomic mass is 32.1. The van der Waals surface area contributed by atoms with Crippen LogP contribution in [0.4, 0.5) is 0 Å². The summed E-state index contributed by atoms with van der Waals surface area (Å²) < 4.78 is 4.02. The summed E-state index contributed by atoms with van der Waals surface area (Å²) in [4.78, 5) is 5.67. The quantitative estimate of drug-likeness (QED) is 0.921. The minimum Gasteiger partial charge on any atom is -0.262 e. The first-order valence-electron chi connectivity index (χ1n) is 6.62. The van der Waals surface area contributed by atoms with Crippen molar-refractivity contribution in [2.24, 2.45) is 0 Å². The number of aromatic nitrogens is 5. The van der Waals surface area contributed by atoms with Crippen LogP contribution in [0.25, 0.3) is 10.7 Å².